The van der Waals surface area contributed by atoms with Crippen LogP contribution in [0.3, 0.4) is 0 Å². The van der Waals surface area contributed by atoms with Crippen LogP contribution in [0.25, 0.3) is 0 Å². The van der Waals surface area contributed by atoms with Crippen molar-refractivity contribution in [2.45, 2.75) is 162 Å². The molecule has 0 radical (unpaired) electrons. The van der Waals surface area contributed by atoms with Crippen LogP contribution in [-0.2, 0) is 29.8 Å². The maximum absolute atomic E-state index is 7.80. The van der Waals surface area contributed by atoms with Crippen LogP contribution in [0.5, 0.6) is 0 Å². The molecular formula is C46H69Cl2O2Si3Zr. The van der Waals surface area contributed by atoms with E-state index in [1.165, 1.54) is 88.6 Å². The third-order valence-electron chi connectivity index (χ3n) is 14.0. The standard InChI is InChI=1S/2C17H29OSi.C12H11Si.2ClH.Zr/c2*1-6-11-17(2,3)19(4,5)18-16-12-14-9-7-8-10-15(14)13-16;1-3-7-11(8-4-1)13-12-9-5-2-6-10-12;;;/h2*12-13H,6-11H2,1-5H3;1-10,13H;2*1H;/q;;;;;+2/p-2. The van der Waals surface area contributed by atoms with Gasteiger partial charge in [-0.1, -0.05) is 0 Å². The number of halogens is 2. The number of hydrogen-bond acceptors (Lipinski definition) is 2. The Hall–Kier alpha value is -0.886. The minimum atomic E-state index is -2.78. The molecule has 295 valence electrons. The molecule has 0 saturated heterocycles. The maximum atomic E-state index is 7.80. The molecule has 2 aromatic carbocycles. The molecule has 54 heavy (non-hydrogen) atoms. The number of benzene rings is 2. The van der Waals surface area contributed by atoms with Crippen molar-refractivity contribution in [3.8, 4) is 0 Å². The zero-order valence-electron chi connectivity index (χ0n) is 35.2. The zero-order valence-corrected chi connectivity index (χ0v) is 42.3. The van der Waals surface area contributed by atoms with Crippen LogP contribution in [0.4, 0.5) is 0 Å². The van der Waals surface area contributed by atoms with Crippen LogP contribution < -0.4 is 35.2 Å². The van der Waals surface area contributed by atoms with Gasteiger partial charge in [-0.2, -0.15) is 0 Å². The molecule has 0 aliphatic heterocycles. The predicted octanol–water partition coefficient (Wildman–Crippen LogP) is 6.87. The molecule has 4 aliphatic rings. The molecule has 0 spiro atoms. The molecule has 0 amide bonds. The molecule has 8 heteroatoms. The fraction of sp³-hybridized carbons (Fsp3) is 0.565. The number of hydrogen-bond donors (Lipinski definition) is 0. The van der Waals surface area contributed by atoms with Gasteiger partial charge in [0, 0.05) is 0 Å². The Morgan fingerprint density at radius 1 is 0.593 bits per heavy atom. The Balaban J connectivity index is 0.00000325. The molecular weight excluding hydrogens is 831 g/mol. The summed E-state index contributed by atoms with van der Waals surface area (Å²) in [6.07, 6.45) is 20.4. The molecule has 2 atom stereocenters. The molecule has 4 aliphatic carbocycles. The van der Waals surface area contributed by atoms with Crippen LogP contribution in [-0.4, -0.2) is 22.6 Å². The van der Waals surface area contributed by atoms with Gasteiger partial charge < -0.3 is 24.8 Å². The summed E-state index contributed by atoms with van der Waals surface area (Å²) in [5, 5.41) is 3.69. The van der Waals surface area contributed by atoms with E-state index in [0.717, 1.165) is 0 Å². The molecule has 0 fully saturated rings. The topological polar surface area (TPSA) is 18.5 Å². The van der Waals surface area contributed by atoms with Crippen molar-refractivity contribution >= 4 is 32.9 Å². The Labute approximate surface area is 353 Å². The average Bonchev–Trinajstić information content (AvgIpc) is 3.64. The predicted molar refractivity (Wildman–Crippen MR) is 229 cm³/mol. The monoisotopic (exact) mass is 897 g/mol. The van der Waals surface area contributed by atoms with Gasteiger partial charge >= 0.3 is 331 Å². The van der Waals surface area contributed by atoms with Gasteiger partial charge in [-0.15, -0.1) is 0 Å². The first-order valence-electron chi connectivity index (χ1n) is 20.9. The molecule has 0 saturated carbocycles. The van der Waals surface area contributed by atoms with Crippen molar-refractivity contribution in [2.24, 2.45) is 0 Å². The van der Waals surface area contributed by atoms with E-state index in [4.69, 9.17) is 8.85 Å². The molecule has 2 unspecified atom stereocenters. The second kappa shape index (κ2) is 18.8. The van der Waals surface area contributed by atoms with E-state index in [2.05, 4.69) is 141 Å². The van der Waals surface area contributed by atoms with E-state index in [0.29, 0.717) is 7.25 Å². The summed E-state index contributed by atoms with van der Waals surface area (Å²) in [6.45, 7) is 24.8. The molecule has 2 nitrogen and oxygen atoms in total. The van der Waals surface area contributed by atoms with Gasteiger partial charge in [-0.05, 0) is 0 Å². The zero-order chi connectivity index (χ0) is 37.3. The minimum absolute atomic E-state index is 0. The van der Waals surface area contributed by atoms with Gasteiger partial charge in [0.1, 0.15) is 0 Å². The van der Waals surface area contributed by atoms with E-state index >= 15 is 0 Å². The van der Waals surface area contributed by atoms with Crippen molar-refractivity contribution in [3.63, 3.8) is 0 Å². The van der Waals surface area contributed by atoms with Gasteiger partial charge in [0.05, 0.1) is 0 Å². The second-order valence-corrected chi connectivity index (χ2v) is 43.6. The van der Waals surface area contributed by atoms with Crippen LogP contribution >= 0.6 is 0 Å². The molecule has 0 N–H and O–H groups in total. The summed E-state index contributed by atoms with van der Waals surface area (Å²) in [4.78, 5) is 0. The number of rotatable bonds is 15. The fourth-order valence-corrected chi connectivity index (χ4v) is 41.6. The molecule has 0 aromatic heterocycles. The normalized spacial score (nSPS) is 20.4. The van der Waals surface area contributed by atoms with Gasteiger partial charge in [-0.25, -0.2) is 0 Å². The van der Waals surface area contributed by atoms with Crippen molar-refractivity contribution in [1.82, 2.24) is 0 Å². The van der Waals surface area contributed by atoms with Crippen LogP contribution in [0.2, 0.25) is 43.5 Å². The van der Waals surface area contributed by atoms with Crippen molar-refractivity contribution in [3.05, 3.63) is 107 Å². The Morgan fingerprint density at radius 2 is 0.944 bits per heavy atom. The smallest absolute Gasteiger partial charge is 1.00 e. The fourth-order valence-electron chi connectivity index (χ4n) is 9.74. The first kappa shape index (κ1) is 45.8. The molecule has 0 bridgehead atoms. The summed E-state index contributed by atoms with van der Waals surface area (Å²) >= 11 is -2.78. The Bertz CT molecular complexity index is 1570. The summed E-state index contributed by atoms with van der Waals surface area (Å²) in [5.41, 5.74) is 6.89. The van der Waals surface area contributed by atoms with Gasteiger partial charge in [0.2, 0.25) is 0 Å². The van der Waals surface area contributed by atoms with Gasteiger partial charge in [0.25, 0.3) is 0 Å². The number of allylic oxidation sites excluding steroid dienone is 6. The van der Waals surface area contributed by atoms with E-state index in [1.54, 1.807) is 32.7 Å². The van der Waals surface area contributed by atoms with E-state index in [9.17, 15) is 0 Å². The maximum Gasteiger partial charge on any atom is -1.00 e. The van der Waals surface area contributed by atoms with Crippen molar-refractivity contribution in [1.29, 1.82) is 0 Å². The molecule has 6 rings (SSSR count). The quantitative estimate of drug-likeness (QED) is 0.182. The summed E-state index contributed by atoms with van der Waals surface area (Å²) in [6, 6.07) is 23.8. The summed E-state index contributed by atoms with van der Waals surface area (Å²) in [7, 11) is -4.25. The third kappa shape index (κ3) is 9.36. The molecule has 0 heterocycles. The molecule has 2 aromatic rings. The van der Waals surface area contributed by atoms with Crippen LogP contribution in [0.1, 0.15) is 119 Å². The van der Waals surface area contributed by atoms with Crippen molar-refractivity contribution in [2.75, 3.05) is 0 Å². The van der Waals surface area contributed by atoms with Crippen LogP contribution in [0, 0.1) is 0 Å². The summed E-state index contributed by atoms with van der Waals surface area (Å²) < 4.78 is 16.6. The van der Waals surface area contributed by atoms with Gasteiger partial charge in [-0.3, -0.25) is 0 Å². The van der Waals surface area contributed by atoms with E-state index in [1.807, 2.05) is 0 Å². The first-order chi connectivity index (χ1) is 24.7. The SMILES string of the molecule is CCCC(C)(C)[Si](C)(C)OC1=CC2=C(CCCC2)[CH]1[Zr+2]([CH]1C(O[Si](C)(C)C(C)(C)CCC)=CC2=C1CCCC2)[SiH](c1ccccc1)c1ccccc1.[Cl-].[Cl-]. The third-order valence-corrected chi connectivity index (χ3v) is 45.5. The van der Waals surface area contributed by atoms with Gasteiger partial charge in [0.15, 0.2) is 0 Å². The largest absolute Gasteiger partial charge is 1.00 e. The van der Waals surface area contributed by atoms with Crippen LogP contribution in [0.15, 0.2) is 107 Å². The Morgan fingerprint density at radius 3 is 1.30 bits per heavy atom. The minimum Gasteiger partial charge on any atom is -1.00 e. The van der Waals surface area contributed by atoms with E-state index < -0.39 is 43.5 Å². The second-order valence-electron chi connectivity index (χ2n) is 18.7. The first-order valence-corrected chi connectivity index (χ1v) is 35.6. The Kier molecular flexibility index (Phi) is 15.9. The van der Waals surface area contributed by atoms with E-state index in [-0.39, 0.29) is 34.9 Å². The average molecular weight is 900 g/mol. The van der Waals surface area contributed by atoms with Crippen molar-refractivity contribution < 1.29 is 54.6 Å². The summed E-state index contributed by atoms with van der Waals surface area (Å²) in [5.74, 6) is 1.09.